The normalized spacial score (nSPS) is 10.9. The van der Waals surface area contributed by atoms with Crippen molar-refractivity contribution in [3.05, 3.63) is 46.9 Å². The molecule has 0 saturated carbocycles. The third kappa shape index (κ3) is 3.24. The van der Waals surface area contributed by atoms with Gasteiger partial charge in [-0.25, -0.2) is 4.98 Å². The SMILES string of the molecule is Cc1cc(CCCCO)nc(-n2c(C)ccc2C)c1. The summed E-state index contributed by atoms with van der Waals surface area (Å²) in [5, 5.41) is 8.85. The molecular formula is C16H22N2O. The highest BCUT2D eigenvalue weighted by Gasteiger charge is 2.07. The van der Waals surface area contributed by atoms with Crippen LogP contribution < -0.4 is 0 Å². The Morgan fingerprint density at radius 3 is 2.37 bits per heavy atom. The third-order valence-electron chi connectivity index (χ3n) is 3.35. The van der Waals surface area contributed by atoms with Gasteiger partial charge in [-0.15, -0.1) is 0 Å². The minimum absolute atomic E-state index is 0.258. The summed E-state index contributed by atoms with van der Waals surface area (Å²) >= 11 is 0. The van der Waals surface area contributed by atoms with Gasteiger partial charge in [-0.1, -0.05) is 0 Å². The fourth-order valence-electron chi connectivity index (χ4n) is 2.41. The van der Waals surface area contributed by atoms with E-state index in [1.807, 2.05) is 0 Å². The van der Waals surface area contributed by atoms with E-state index in [9.17, 15) is 0 Å². The van der Waals surface area contributed by atoms with E-state index < -0.39 is 0 Å². The first-order chi connectivity index (χ1) is 9.11. The van der Waals surface area contributed by atoms with Gasteiger partial charge >= 0.3 is 0 Å². The molecule has 0 saturated heterocycles. The quantitative estimate of drug-likeness (QED) is 0.837. The van der Waals surface area contributed by atoms with Crippen molar-refractivity contribution in [1.82, 2.24) is 9.55 Å². The molecule has 2 aromatic rings. The Kier molecular flexibility index (Phi) is 4.38. The van der Waals surface area contributed by atoms with E-state index >= 15 is 0 Å². The van der Waals surface area contributed by atoms with E-state index in [1.54, 1.807) is 0 Å². The largest absolute Gasteiger partial charge is 0.396 e. The van der Waals surface area contributed by atoms with Crippen LogP contribution in [0.25, 0.3) is 5.82 Å². The van der Waals surface area contributed by atoms with Gasteiger partial charge < -0.3 is 9.67 Å². The lowest BCUT2D eigenvalue weighted by atomic mass is 10.1. The van der Waals surface area contributed by atoms with Crippen molar-refractivity contribution >= 4 is 0 Å². The molecule has 0 aliphatic heterocycles. The van der Waals surface area contributed by atoms with Crippen LogP contribution in [0.3, 0.4) is 0 Å². The second kappa shape index (κ2) is 6.02. The number of hydrogen-bond acceptors (Lipinski definition) is 2. The van der Waals surface area contributed by atoms with E-state index in [1.165, 1.54) is 17.0 Å². The maximum absolute atomic E-state index is 8.85. The van der Waals surface area contributed by atoms with E-state index in [0.29, 0.717) is 0 Å². The standard InChI is InChI=1S/C16H22N2O/c1-12-10-15(6-4-5-9-19)17-16(11-12)18-13(2)7-8-14(18)3/h7-8,10-11,19H,4-6,9H2,1-3H3. The molecule has 1 N–H and O–H groups in total. The highest BCUT2D eigenvalue weighted by atomic mass is 16.2. The number of aliphatic hydroxyl groups excluding tert-OH is 1. The van der Waals surface area contributed by atoms with Gasteiger partial charge in [0, 0.05) is 23.7 Å². The van der Waals surface area contributed by atoms with Crippen molar-refractivity contribution < 1.29 is 5.11 Å². The molecule has 0 bridgehead atoms. The molecule has 0 atom stereocenters. The first-order valence-electron chi connectivity index (χ1n) is 6.85. The maximum atomic E-state index is 8.85. The second-order valence-corrected chi connectivity index (χ2v) is 5.13. The van der Waals surface area contributed by atoms with Crippen LogP contribution >= 0.6 is 0 Å². The molecule has 3 heteroatoms. The molecule has 0 radical (unpaired) electrons. The molecule has 0 aromatic carbocycles. The lowest BCUT2D eigenvalue weighted by Gasteiger charge is -2.11. The zero-order valence-corrected chi connectivity index (χ0v) is 12.0. The lowest BCUT2D eigenvalue weighted by Crippen LogP contribution is -2.04. The van der Waals surface area contributed by atoms with Crippen molar-refractivity contribution in [3.63, 3.8) is 0 Å². The molecule has 102 valence electrons. The molecule has 0 fully saturated rings. The van der Waals surface area contributed by atoms with Crippen molar-refractivity contribution in [3.8, 4) is 5.82 Å². The van der Waals surface area contributed by atoms with Gasteiger partial charge in [-0.05, 0) is 69.9 Å². The zero-order valence-electron chi connectivity index (χ0n) is 12.0. The number of aromatic nitrogens is 2. The Morgan fingerprint density at radius 2 is 1.74 bits per heavy atom. The van der Waals surface area contributed by atoms with Gasteiger partial charge in [0.15, 0.2) is 0 Å². The Labute approximate surface area is 114 Å². The summed E-state index contributed by atoms with van der Waals surface area (Å²) in [7, 11) is 0. The summed E-state index contributed by atoms with van der Waals surface area (Å²) in [6.07, 6.45) is 2.75. The molecule has 2 rings (SSSR count). The average molecular weight is 258 g/mol. The summed E-state index contributed by atoms with van der Waals surface area (Å²) < 4.78 is 2.18. The van der Waals surface area contributed by atoms with Crippen LogP contribution in [-0.2, 0) is 6.42 Å². The van der Waals surface area contributed by atoms with Crippen LogP contribution in [0, 0.1) is 20.8 Å². The first-order valence-corrected chi connectivity index (χ1v) is 6.85. The minimum Gasteiger partial charge on any atom is -0.396 e. The van der Waals surface area contributed by atoms with E-state index in [-0.39, 0.29) is 6.61 Å². The molecular weight excluding hydrogens is 236 g/mol. The molecule has 0 unspecified atom stereocenters. The van der Waals surface area contributed by atoms with Gasteiger partial charge in [-0.3, -0.25) is 0 Å². The highest BCUT2D eigenvalue weighted by Crippen LogP contribution is 2.17. The Hall–Kier alpha value is -1.61. The van der Waals surface area contributed by atoms with Crippen LogP contribution in [0.4, 0.5) is 0 Å². The van der Waals surface area contributed by atoms with Gasteiger partial charge in [0.25, 0.3) is 0 Å². The topological polar surface area (TPSA) is 38.1 Å². The highest BCUT2D eigenvalue weighted by molar-refractivity contribution is 5.35. The molecule has 0 spiro atoms. The summed E-state index contributed by atoms with van der Waals surface area (Å²) in [4.78, 5) is 4.75. The second-order valence-electron chi connectivity index (χ2n) is 5.13. The van der Waals surface area contributed by atoms with Crippen molar-refractivity contribution in [2.24, 2.45) is 0 Å². The Bertz CT molecular complexity index is 538. The fourth-order valence-corrected chi connectivity index (χ4v) is 2.41. The Morgan fingerprint density at radius 1 is 1.05 bits per heavy atom. The van der Waals surface area contributed by atoms with Crippen LogP contribution in [0.5, 0.6) is 0 Å². The summed E-state index contributed by atoms with van der Waals surface area (Å²) in [6, 6.07) is 8.49. The summed E-state index contributed by atoms with van der Waals surface area (Å²) in [5.41, 5.74) is 4.75. The van der Waals surface area contributed by atoms with Gasteiger partial charge in [0.05, 0.1) is 0 Å². The predicted octanol–water partition coefficient (Wildman–Crippen LogP) is 3.11. The third-order valence-corrected chi connectivity index (χ3v) is 3.35. The summed E-state index contributed by atoms with van der Waals surface area (Å²) in [5.74, 6) is 0.999. The molecule has 0 aliphatic rings. The number of pyridine rings is 1. The molecule has 0 aliphatic carbocycles. The fraction of sp³-hybridized carbons (Fsp3) is 0.438. The number of hydrogen-bond donors (Lipinski definition) is 1. The van der Waals surface area contributed by atoms with Crippen molar-refractivity contribution in [2.45, 2.75) is 40.0 Å². The van der Waals surface area contributed by atoms with Crippen molar-refractivity contribution in [1.29, 1.82) is 0 Å². The van der Waals surface area contributed by atoms with Crippen LogP contribution in [0.15, 0.2) is 24.3 Å². The van der Waals surface area contributed by atoms with Gasteiger partial charge in [0.2, 0.25) is 0 Å². The number of nitrogens with zero attached hydrogens (tertiary/aromatic N) is 2. The number of unbranched alkanes of at least 4 members (excludes halogenated alkanes) is 1. The summed E-state index contributed by atoms with van der Waals surface area (Å²) in [6.45, 7) is 6.56. The van der Waals surface area contributed by atoms with E-state index in [4.69, 9.17) is 10.1 Å². The smallest absolute Gasteiger partial charge is 0.137 e. The van der Waals surface area contributed by atoms with Crippen molar-refractivity contribution in [2.75, 3.05) is 6.61 Å². The number of aliphatic hydroxyl groups is 1. The Balaban J connectivity index is 2.31. The van der Waals surface area contributed by atoms with Crippen LogP contribution in [0.1, 0.15) is 35.5 Å². The maximum Gasteiger partial charge on any atom is 0.137 e. The molecule has 2 aromatic heterocycles. The zero-order chi connectivity index (χ0) is 13.8. The first kappa shape index (κ1) is 13.8. The van der Waals surface area contributed by atoms with Crippen LogP contribution in [0.2, 0.25) is 0 Å². The number of aryl methyl sites for hydroxylation is 4. The number of rotatable bonds is 5. The monoisotopic (exact) mass is 258 g/mol. The molecule has 3 nitrogen and oxygen atoms in total. The molecule has 0 amide bonds. The van der Waals surface area contributed by atoms with Gasteiger partial charge in [0.1, 0.15) is 5.82 Å². The minimum atomic E-state index is 0.258. The van der Waals surface area contributed by atoms with Crippen LogP contribution in [-0.4, -0.2) is 21.3 Å². The average Bonchev–Trinajstić information content (AvgIpc) is 2.69. The van der Waals surface area contributed by atoms with Gasteiger partial charge in [-0.2, -0.15) is 0 Å². The molecule has 19 heavy (non-hydrogen) atoms. The lowest BCUT2D eigenvalue weighted by molar-refractivity contribution is 0.284. The predicted molar refractivity (Wildman–Crippen MR) is 77.8 cm³/mol. The van der Waals surface area contributed by atoms with E-state index in [0.717, 1.165) is 30.8 Å². The van der Waals surface area contributed by atoms with E-state index in [2.05, 4.69) is 49.6 Å². The molecule has 2 heterocycles.